The van der Waals surface area contributed by atoms with Gasteiger partial charge in [0.1, 0.15) is 5.69 Å². The number of fused-ring (bicyclic) bond motifs is 3. The normalized spacial score (nSPS) is 21.6. The van der Waals surface area contributed by atoms with Crippen LogP contribution in [0.5, 0.6) is 0 Å². The highest BCUT2D eigenvalue weighted by Gasteiger charge is 2.47. The molecule has 37 heavy (non-hydrogen) atoms. The molecule has 0 aliphatic carbocycles. The van der Waals surface area contributed by atoms with Crippen molar-refractivity contribution in [1.29, 1.82) is 0 Å². The van der Waals surface area contributed by atoms with Gasteiger partial charge in [-0.2, -0.15) is 23.3 Å². The Kier molecular flexibility index (Phi) is 5.40. The Labute approximate surface area is 208 Å². The largest absolute Gasteiger partial charge is 0.419 e. The van der Waals surface area contributed by atoms with Gasteiger partial charge in [0.05, 0.1) is 29.2 Å². The third kappa shape index (κ3) is 3.81. The minimum absolute atomic E-state index is 0.00695. The number of imidazole rings is 1. The number of ether oxygens (including phenoxy) is 1. The monoisotopic (exact) mass is 513 g/mol. The van der Waals surface area contributed by atoms with E-state index in [1.165, 1.54) is 6.07 Å². The maximum absolute atomic E-state index is 14.4. The molecule has 6 rings (SSSR count). The van der Waals surface area contributed by atoms with E-state index in [9.17, 15) is 17.6 Å². The first-order chi connectivity index (χ1) is 17.7. The molecular formula is C25H23F4N7O. The van der Waals surface area contributed by atoms with Crippen LogP contribution < -0.4 is 10.6 Å². The number of nitrogens with one attached hydrogen (secondary N) is 1. The summed E-state index contributed by atoms with van der Waals surface area (Å²) < 4.78 is 61.3. The summed E-state index contributed by atoms with van der Waals surface area (Å²) in [5, 5.41) is 7.53. The highest BCUT2D eigenvalue weighted by atomic mass is 19.4. The van der Waals surface area contributed by atoms with Crippen LogP contribution in [0.2, 0.25) is 0 Å². The molecule has 2 atom stereocenters. The highest BCUT2D eigenvalue weighted by Crippen LogP contribution is 2.42. The molecule has 1 spiro atoms. The average molecular weight is 513 g/mol. The van der Waals surface area contributed by atoms with E-state index in [2.05, 4.69) is 31.9 Å². The summed E-state index contributed by atoms with van der Waals surface area (Å²) in [7, 11) is 0. The molecule has 2 aliphatic heterocycles. The summed E-state index contributed by atoms with van der Waals surface area (Å²) in [6.07, 6.45) is 0.374. The van der Waals surface area contributed by atoms with Gasteiger partial charge >= 0.3 is 6.18 Å². The van der Waals surface area contributed by atoms with Crippen molar-refractivity contribution in [3.8, 4) is 11.8 Å². The number of aromatic nitrogens is 5. The number of piperidine rings is 1. The Morgan fingerprint density at radius 3 is 2.70 bits per heavy atom. The standard InChI is InChI=1S/C25H23F4N7O/c1-14-20(30)24(13-37-14)7-10-35(11-8-24)23-32-21-18(22-31-9-12-36(22)23)17(33-34-21)6-5-15-3-2-4-16(19(15)26)25(27,28)29/h2-4,9,12,14,20H,7-8,10-11,13,30H2,1H3,(H,33,34)/t14-,20+/m0/s1. The number of nitrogens with zero attached hydrogens (tertiary/aromatic N) is 5. The Hall–Kier alpha value is -3.69. The lowest BCUT2D eigenvalue weighted by molar-refractivity contribution is -0.140. The molecule has 4 aromatic rings. The van der Waals surface area contributed by atoms with Crippen LogP contribution in [0.1, 0.15) is 36.6 Å². The third-order valence-electron chi connectivity index (χ3n) is 7.55. The van der Waals surface area contributed by atoms with Crippen molar-refractivity contribution in [2.75, 3.05) is 24.6 Å². The zero-order valence-electron chi connectivity index (χ0n) is 19.8. The molecule has 2 aliphatic rings. The number of hydrogen-bond acceptors (Lipinski definition) is 6. The number of hydrogen-bond donors (Lipinski definition) is 2. The van der Waals surface area contributed by atoms with E-state index in [-0.39, 0.29) is 28.8 Å². The molecule has 1 aromatic carbocycles. The first kappa shape index (κ1) is 23.7. The van der Waals surface area contributed by atoms with E-state index in [0.717, 1.165) is 32.0 Å². The average Bonchev–Trinajstić information content (AvgIpc) is 3.58. The Balaban J connectivity index is 1.34. The van der Waals surface area contributed by atoms with Crippen molar-refractivity contribution in [3.63, 3.8) is 0 Å². The van der Waals surface area contributed by atoms with E-state index in [1.807, 2.05) is 11.3 Å². The molecule has 0 amide bonds. The fourth-order valence-electron chi connectivity index (χ4n) is 5.34. The van der Waals surface area contributed by atoms with Crippen molar-refractivity contribution in [1.82, 2.24) is 24.6 Å². The van der Waals surface area contributed by atoms with Crippen molar-refractivity contribution >= 4 is 22.6 Å². The third-order valence-corrected chi connectivity index (χ3v) is 7.55. The van der Waals surface area contributed by atoms with Gasteiger partial charge < -0.3 is 15.4 Å². The lowest BCUT2D eigenvalue weighted by Crippen LogP contribution is -2.51. The minimum atomic E-state index is -4.81. The number of nitrogens with two attached hydrogens (primary N) is 1. The second kappa shape index (κ2) is 8.43. The number of rotatable bonds is 1. The second-order valence-corrected chi connectivity index (χ2v) is 9.64. The predicted octanol–water partition coefficient (Wildman–Crippen LogP) is 3.50. The number of alkyl halides is 3. The van der Waals surface area contributed by atoms with Crippen LogP contribution in [0, 0.1) is 23.1 Å². The van der Waals surface area contributed by atoms with Crippen LogP contribution in [-0.2, 0) is 10.9 Å². The van der Waals surface area contributed by atoms with Crippen LogP contribution in [0.3, 0.4) is 0 Å². The quantitative estimate of drug-likeness (QED) is 0.299. The van der Waals surface area contributed by atoms with Crippen LogP contribution in [0.25, 0.3) is 16.7 Å². The smallest absolute Gasteiger partial charge is 0.376 e. The molecule has 2 fully saturated rings. The van der Waals surface area contributed by atoms with Crippen molar-refractivity contribution in [2.24, 2.45) is 11.1 Å². The Morgan fingerprint density at radius 1 is 1.22 bits per heavy atom. The predicted molar refractivity (Wildman–Crippen MR) is 127 cm³/mol. The van der Waals surface area contributed by atoms with E-state index in [1.54, 1.807) is 12.4 Å². The topological polar surface area (TPSA) is 97.4 Å². The molecule has 8 nitrogen and oxygen atoms in total. The molecular weight excluding hydrogens is 490 g/mol. The van der Waals surface area contributed by atoms with Crippen molar-refractivity contribution < 1.29 is 22.3 Å². The van der Waals surface area contributed by atoms with E-state index in [4.69, 9.17) is 15.5 Å². The Bertz CT molecular complexity index is 1560. The molecule has 2 saturated heterocycles. The van der Waals surface area contributed by atoms with Gasteiger partial charge in [-0.15, -0.1) is 0 Å². The molecule has 0 radical (unpaired) electrons. The van der Waals surface area contributed by atoms with Crippen LogP contribution in [0.15, 0.2) is 30.6 Å². The zero-order chi connectivity index (χ0) is 25.9. The van der Waals surface area contributed by atoms with Gasteiger partial charge in [-0.25, -0.2) is 9.37 Å². The summed E-state index contributed by atoms with van der Waals surface area (Å²) in [5.74, 6) is 4.47. The highest BCUT2D eigenvalue weighted by molar-refractivity contribution is 5.94. The zero-order valence-corrected chi connectivity index (χ0v) is 19.8. The maximum atomic E-state index is 14.4. The summed E-state index contributed by atoms with van der Waals surface area (Å²) in [6, 6.07) is 2.99. The van der Waals surface area contributed by atoms with Gasteiger partial charge in [0, 0.05) is 36.9 Å². The SMILES string of the molecule is C[C@@H]1OCC2(CCN(c3nc4n[nH]c(C#Cc5cccc(C(F)(F)F)c5F)c4c4nccn34)CC2)[C@@H]1N. The fraction of sp³-hybridized carbons (Fsp3) is 0.400. The summed E-state index contributed by atoms with van der Waals surface area (Å²) in [4.78, 5) is 11.4. The first-order valence-corrected chi connectivity index (χ1v) is 11.9. The van der Waals surface area contributed by atoms with E-state index in [0.29, 0.717) is 35.3 Å². The molecule has 0 saturated carbocycles. The number of anilines is 1. The summed E-state index contributed by atoms with van der Waals surface area (Å²) >= 11 is 0. The molecule has 0 unspecified atom stereocenters. The molecule has 3 N–H and O–H groups in total. The molecule has 12 heteroatoms. The van der Waals surface area contributed by atoms with E-state index < -0.39 is 17.6 Å². The Morgan fingerprint density at radius 2 is 2.00 bits per heavy atom. The molecule has 5 heterocycles. The minimum Gasteiger partial charge on any atom is -0.376 e. The first-order valence-electron chi connectivity index (χ1n) is 11.9. The van der Waals surface area contributed by atoms with Crippen LogP contribution in [-0.4, -0.2) is 56.4 Å². The number of H-pyrrole nitrogens is 1. The van der Waals surface area contributed by atoms with Gasteiger partial charge in [0.25, 0.3) is 0 Å². The van der Waals surface area contributed by atoms with Crippen LogP contribution in [0.4, 0.5) is 23.5 Å². The fourth-order valence-corrected chi connectivity index (χ4v) is 5.34. The summed E-state index contributed by atoms with van der Waals surface area (Å²) in [6.45, 7) is 4.14. The molecule has 0 bridgehead atoms. The molecule has 192 valence electrons. The van der Waals surface area contributed by atoms with Gasteiger partial charge in [0.15, 0.2) is 17.1 Å². The van der Waals surface area contributed by atoms with Gasteiger partial charge in [-0.3, -0.25) is 9.50 Å². The lowest BCUT2D eigenvalue weighted by Gasteiger charge is -2.41. The van der Waals surface area contributed by atoms with Gasteiger partial charge in [-0.05, 0) is 37.8 Å². The van der Waals surface area contributed by atoms with Gasteiger partial charge in [-0.1, -0.05) is 12.0 Å². The lowest BCUT2D eigenvalue weighted by atomic mass is 9.73. The van der Waals surface area contributed by atoms with Crippen LogP contribution >= 0.6 is 0 Å². The van der Waals surface area contributed by atoms with Gasteiger partial charge in [0.2, 0.25) is 5.95 Å². The number of benzene rings is 1. The number of halogens is 4. The van der Waals surface area contributed by atoms with Crippen molar-refractivity contribution in [3.05, 3.63) is 53.2 Å². The second-order valence-electron chi connectivity index (χ2n) is 9.64. The summed E-state index contributed by atoms with van der Waals surface area (Å²) in [5.41, 5.74) is 5.86. The maximum Gasteiger partial charge on any atom is 0.419 e. The number of aromatic amines is 1. The van der Waals surface area contributed by atoms with Crippen molar-refractivity contribution in [2.45, 2.75) is 38.1 Å². The molecule has 3 aromatic heterocycles. The van der Waals surface area contributed by atoms with E-state index >= 15 is 0 Å².